The molecule has 2 heterocycles. The Bertz CT molecular complexity index is 2540. The summed E-state index contributed by atoms with van der Waals surface area (Å²) in [6.07, 6.45) is -0.382. The van der Waals surface area contributed by atoms with Crippen LogP contribution in [0.1, 0.15) is 22.9 Å². The van der Waals surface area contributed by atoms with Crippen molar-refractivity contribution in [3.8, 4) is 33.5 Å². The lowest BCUT2D eigenvalue weighted by Crippen LogP contribution is -2.33. The molecular weight excluding hydrogens is 609 g/mol. The average Bonchev–Trinajstić information content (AvgIpc) is 3.21. The van der Waals surface area contributed by atoms with E-state index >= 15 is 0 Å². The molecule has 1 N–H and O–H groups in total. The Hall–Kier alpha value is -6.65. The third-order valence-electron chi connectivity index (χ3n) is 9.30. The topological polar surface area (TPSA) is 49.6 Å². The SMILES string of the molecule is c1ccc(C2=NC(c3cc(-c4ccc(-c5ccccc5)cc4)cc(-c4nc5ccccc5c5ccccc45)c3)NC(c3ccccc3)=N2)cc1. The fourth-order valence-corrected chi connectivity index (χ4v) is 6.80. The van der Waals surface area contributed by atoms with Crippen LogP contribution in [0.4, 0.5) is 0 Å². The molecular formula is C46H32N4. The van der Waals surface area contributed by atoms with Gasteiger partial charge in [-0.25, -0.2) is 15.0 Å². The average molecular weight is 641 g/mol. The third kappa shape index (κ3) is 5.63. The van der Waals surface area contributed by atoms with Gasteiger partial charge in [0.2, 0.25) is 0 Å². The number of para-hydroxylation sites is 1. The van der Waals surface area contributed by atoms with E-state index in [4.69, 9.17) is 15.0 Å². The lowest BCUT2D eigenvalue weighted by molar-refractivity contribution is 0.674. The minimum Gasteiger partial charge on any atom is -0.344 e. The fourth-order valence-electron chi connectivity index (χ4n) is 6.80. The summed E-state index contributed by atoms with van der Waals surface area (Å²) in [6, 6.07) is 63.5. The van der Waals surface area contributed by atoms with Crippen molar-refractivity contribution in [3.63, 3.8) is 0 Å². The summed E-state index contributed by atoms with van der Waals surface area (Å²) in [4.78, 5) is 15.5. The summed E-state index contributed by atoms with van der Waals surface area (Å²) in [6.45, 7) is 0. The van der Waals surface area contributed by atoms with Crippen LogP contribution >= 0.6 is 0 Å². The molecule has 7 aromatic carbocycles. The molecule has 4 nitrogen and oxygen atoms in total. The standard InChI is InChI=1S/C46H32N4/c1-4-14-31(15-5-1)32-24-26-33(27-25-32)36-28-37(43-41-22-11-10-20-39(41)40-21-12-13-23-42(40)47-43)30-38(29-36)46-49-44(34-16-6-2-7-17-34)48-45(50-46)35-18-8-3-9-19-35/h1-30,46H,(H,48,49,50). The van der Waals surface area contributed by atoms with Gasteiger partial charge in [0.05, 0.1) is 11.2 Å². The van der Waals surface area contributed by atoms with Gasteiger partial charge >= 0.3 is 0 Å². The van der Waals surface area contributed by atoms with Crippen molar-refractivity contribution in [2.24, 2.45) is 9.98 Å². The van der Waals surface area contributed by atoms with Gasteiger partial charge < -0.3 is 5.32 Å². The first-order valence-corrected chi connectivity index (χ1v) is 16.9. The smallest absolute Gasteiger partial charge is 0.159 e. The van der Waals surface area contributed by atoms with Crippen LogP contribution in [0.15, 0.2) is 192 Å². The molecule has 1 unspecified atom stereocenters. The van der Waals surface area contributed by atoms with Crippen molar-refractivity contribution in [2.45, 2.75) is 6.17 Å². The Kier molecular flexibility index (Phi) is 7.52. The third-order valence-corrected chi connectivity index (χ3v) is 9.30. The summed E-state index contributed by atoms with van der Waals surface area (Å²) in [7, 11) is 0. The summed E-state index contributed by atoms with van der Waals surface area (Å²) < 4.78 is 0. The van der Waals surface area contributed by atoms with E-state index in [1.54, 1.807) is 0 Å². The molecule has 1 atom stereocenters. The van der Waals surface area contributed by atoms with Crippen LogP contribution < -0.4 is 5.32 Å². The number of hydrogen-bond donors (Lipinski definition) is 1. The highest BCUT2D eigenvalue weighted by Crippen LogP contribution is 2.37. The fraction of sp³-hybridized carbons (Fsp3) is 0.0217. The van der Waals surface area contributed by atoms with Gasteiger partial charge in [-0.1, -0.05) is 158 Å². The zero-order chi connectivity index (χ0) is 33.3. The Balaban J connectivity index is 1.24. The van der Waals surface area contributed by atoms with Crippen molar-refractivity contribution >= 4 is 33.3 Å². The summed E-state index contributed by atoms with van der Waals surface area (Å²) in [5.41, 5.74) is 10.6. The van der Waals surface area contributed by atoms with Crippen LogP contribution in [-0.2, 0) is 0 Å². The molecule has 0 radical (unpaired) electrons. The number of fused-ring (bicyclic) bond motifs is 3. The van der Waals surface area contributed by atoms with Crippen LogP contribution in [-0.4, -0.2) is 16.7 Å². The van der Waals surface area contributed by atoms with Gasteiger partial charge in [0.25, 0.3) is 0 Å². The molecule has 0 aliphatic carbocycles. The van der Waals surface area contributed by atoms with Gasteiger partial charge in [0.15, 0.2) is 5.84 Å². The first kappa shape index (κ1) is 29.5. The maximum atomic E-state index is 5.29. The second kappa shape index (κ2) is 12.8. The molecule has 9 rings (SSSR count). The monoisotopic (exact) mass is 640 g/mol. The van der Waals surface area contributed by atoms with E-state index in [-0.39, 0.29) is 6.17 Å². The van der Waals surface area contributed by atoms with Crippen LogP contribution in [0.25, 0.3) is 55.2 Å². The predicted octanol–water partition coefficient (Wildman–Crippen LogP) is 10.9. The maximum Gasteiger partial charge on any atom is 0.159 e. The quantitative estimate of drug-likeness (QED) is 0.184. The van der Waals surface area contributed by atoms with Gasteiger partial charge in [0.1, 0.15) is 12.0 Å². The largest absolute Gasteiger partial charge is 0.344 e. The minimum atomic E-state index is -0.382. The second-order valence-corrected chi connectivity index (χ2v) is 12.5. The highest BCUT2D eigenvalue weighted by atomic mass is 15.2. The number of amidine groups is 2. The van der Waals surface area contributed by atoms with E-state index in [1.807, 2.05) is 42.5 Å². The molecule has 0 saturated carbocycles. The van der Waals surface area contributed by atoms with Gasteiger partial charge in [-0.3, -0.25) is 0 Å². The molecule has 0 amide bonds. The zero-order valence-electron chi connectivity index (χ0n) is 27.2. The number of aromatic nitrogens is 1. The van der Waals surface area contributed by atoms with Crippen LogP contribution in [0.3, 0.4) is 0 Å². The van der Waals surface area contributed by atoms with Crippen LogP contribution in [0.5, 0.6) is 0 Å². The molecule has 8 aromatic rings. The number of hydrogen-bond acceptors (Lipinski definition) is 4. The van der Waals surface area contributed by atoms with Gasteiger partial charge in [-0.05, 0) is 57.5 Å². The number of nitrogens with zero attached hydrogens (tertiary/aromatic N) is 3. The molecule has 1 aromatic heterocycles. The highest BCUT2D eigenvalue weighted by molar-refractivity contribution is 6.13. The molecule has 0 fully saturated rings. The molecule has 0 bridgehead atoms. The van der Waals surface area contributed by atoms with E-state index in [9.17, 15) is 0 Å². The number of pyridine rings is 1. The van der Waals surface area contributed by atoms with E-state index in [1.165, 1.54) is 16.5 Å². The first-order chi connectivity index (χ1) is 24.8. The summed E-state index contributed by atoms with van der Waals surface area (Å²) in [5, 5.41) is 7.13. The van der Waals surface area contributed by atoms with Crippen LogP contribution in [0, 0.1) is 0 Å². The van der Waals surface area contributed by atoms with E-state index in [0.29, 0.717) is 5.84 Å². The van der Waals surface area contributed by atoms with E-state index in [2.05, 4.69) is 145 Å². The predicted molar refractivity (Wildman–Crippen MR) is 207 cm³/mol. The zero-order valence-corrected chi connectivity index (χ0v) is 27.2. The normalized spacial score (nSPS) is 14.2. The van der Waals surface area contributed by atoms with Crippen molar-refractivity contribution in [1.82, 2.24) is 10.3 Å². The summed E-state index contributed by atoms with van der Waals surface area (Å²) >= 11 is 0. The number of nitrogens with one attached hydrogen (secondary N) is 1. The highest BCUT2D eigenvalue weighted by Gasteiger charge is 2.23. The summed E-state index contributed by atoms with van der Waals surface area (Å²) in [5.74, 6) is 1.49. The Morgan fingerprint density at radius 2 is 0.920 bits per heavy atom. The Labute approximate surface area is 291 Å². The van der Waals surface area contributed by atoms with Gasteiger partial charge in [-0.15, -0.1) is 0 Å². The number of rotatable bonds is 6. The second-order valence-electron chi connectivity index (χ2n) is 12.5. The van der Waals surface area contributed by atoms with Gasteiger partial charge in [0, 0.05) is 27.5 Å². The number of aliphatic imine (C=N–C) groups is 2. The Morgan fingerprint density at radius 1 is 0.400 bits per heavy atom. The molecule has 1 aliphatic heterocycles. The lowest BCUT2D eigenvalue weighted by atomic mass is 9.93. The van der Waals surface area contributed by atoms with Crippen molar-refractivity contribution in [3.05, 3.63) is 199 Å². The first-order valence-electron chi connectivity index (χ1n) is 16.9. The molecule has 1 aliphatic rings. The van der Waals surface area contributed by atoms with Crippen molar-refractivity contribution in [2.75, 3.05) is 0 Å². The number of benzene rings is 7. The van der Waals surface area contributed by atoms with E-state index < -0.39 is 0 Å². The molecule has 0 spiro atoms. The molecule has 0 saturated heterocycles. The molecule has 4 heteroatoms. The molecule has 236 valence electrons. The minimum absolute atomic E-state index is 0.382. The van der Waals surface area contributed by atoms with E-state index in [0.717, 1.165) is 61.2 Å². The van der Waals surface area contributed by atoms with Crippen molar-refractivity contribution in [1.29, 1.82) is 0 Å². The van der Waals surface area contributed by atoms with Crippen LogP contribution in [0.2, 0.25) is 0 Å². The lowest BCUT2D eigenvalue weighted by Gasteiger charge is -2.25. The van der Waals surface area contributed by atoms with Gasteiger partial charge in [-0.2, -0.15) is 0 Å². The van der Waals surface area contributed by atoms with Crippen molar-refractivity contribution < 1.29 is 0 Å². The maximum absolute atomic E-state index is 5.29. The molecule has 50 heavy (non-hydrogen) atoms. The Morgan fingerprint density at radius 3 is 1.62 bits per heavy atom.